The highest BCUT2D eigenvalue weighted by Gasteiger charge is 2.49. The smallest absolute Gasteiger partial charge is 0.228 e. The number of hydrogen-bond donors (Lipinski definition) is 0. The summed E-state index contributed by atoms with van der Waals surface area (Å²) in [5.74, 6) is 0.430. The normalized spacial score (nSPS) is 28.5. The van der Waals surface area contributed by atoms with Crippen LogP contribution in [0.25, 0.3) is 0 Å². The van der Waals surface area contributed by atoms with E-state index in [4.69, 9.17) is 4.74 Å². The molecule has 2 aliphatic heterocycles. The van der Waals surface area contributed by atoms with Crippen molar-refractivity contribution >= 4 is 11.8 Å². The molecular weight excluding hydrogens is 268 g/mol. The van der Waals surface area contributed by atoms with Crippen molar-refractivity contribution < 1.29 is 14.3 Å². The average molecular weight is 294 g/mol. The van der Waals surface area contributed by atoms with Gasteiger partial charge in [-0.25, -0.2) is 0 Å². The van der Waals surface area contributed by atoms with Crippen molar-refractivity contribution in [2.24, 2.45) is 5.41 Å². The monoisotopic (exact) mass is 294 g/mol. The Balaban J connectivity index is 1.64. The molecule has 0 spiro atoms. The second kappa shape index (κ2) is 5.59. The van der Waals surface area contributed by atoms with Crippen molar-refractivity contribution in [2.45, 2.75) is 58.0 Å². The third-order valence-corrected chi connectivity index (χ3v) is 5.31. The first-order valence-electron chi connectivity index (χ1n) is 8.17. The highest BCUT2D eigenvalue weighted by Crippen LogP contribution is 2.47. The fourth-order valence-electron chi connectivity index (χ4n) is 3.71. The number of hydrogen-bond acceptors (Lipinski definition) is 3. The number of rotatable bonds is 3. The average Bonchev–Trinajstić information content (AvgIpc) is 3.04. The Labute approximate surface area is 126 Å². The number of nitrogens with zero attached hydrogens (tertiary/aromatic N) is 2. The van der Waals surface area contributed by atoms with E-state index in [9.17, 15) is 9.59 Å². The molecule has 2 saturated heterocycles. The lowest BCUT2D eigenvalue weighted by Gasteiger charge is -2.38. The molecule has 1 aliphatic carbocycles. The van der Waals surface area contributed by atoms with Crippen LogP contribution in [0.3, 0.4) is 0 Å². The molecule has 5 heteroatoms. The van der Waals surface area contributed by atoms with Gasteiger partial charge in [0.05, 0.1) is 6.04 Å². The molecule has 2 heterocycles. The van der Waals surface area contributed by atoms with Crippen molar-refractivity contribution in [1.29, 1.82) is 0 Å². The van der Waals surface area contributed by atoms with E-state index in [1.165, 1.54) is 0 Å². The highest BCUT2D eigenvalue weighted by atomic mass is 16.5. The van der Waals surface area contributed by atoms with E-state index >= 15 is 0 Å². The lowest BCUT2D eigenvalue weighted by Crippen LogP contribution is -2.50. The summed E-state index contributed by atoms with van der Waals surface area (Å²) in [5, 5.41) is 0. The van der Waals surface area contributed by atoms with E-state index in [1.807, 2.05) is 9.80 Å². The number of carbonyl (C=O) groups is 2. The lowest BCUT2D eigenvalue weighted by atomic mass is 10.0. The molecule has 3 rings (SSSR count). The molecule has 3 aliphatic rings. The molecule has 3 fully saturated rings. The van der Waals surface area contributed by atoms with Crippen LogP contribution in [0.15, 0.2) is 0 Å². The van der Waals surface area contributed by atoms with E-state index < -0.39 is 0 Å². The van der Waals surface area contributed by atoms with Gasteiger partial charge in [-0.2, -0.15) is 0 Å². The summed E-state index contributed by atoms with van der Waals surface area (Å²) in [4.78, 5) is 28.6. The lowest BCUT2D eigenvalue weighted by molar-refractivity contribution is -0.139. The number of likely N-dealkylation sites (tertiary alicyclic amines) is 1. The van der Waals surface area contributed by atoms with Crippen LogP contribution in [0.2, 0.25) is 0 Å². The zero-order valence-electron chi connectivity index (χ0n) is 13.1. The first kappa shape index (κ1) is 14.8. The van der Waals surface area contributed by atoms with Gasteiger partial charge >= 0.3 is 0 Å². The predicted octanol–water partition coefficient (Wildman–Crippen LogP) is 1.41. The van der Waals surface area contributed by atoms with Crippen molar-refractivity contribution in [3.63, 3.8) is 0 Å². The van der Waals surface area contributed by atoms with Gasteiger partial charge in [0.25, 0.3) is 0 Å². The van der Waals surface area contributed by atoms with Crippen LogP contribution in [0.1, 0.15) is 46.0 Å². The highest BCUT2D eigenvalue weighted by molar-refractivity contribution is 5.85. The summed E-state index contributed by atoms with van der Waals surface area (Å²) in [6.45, 7) is 6.70. The zero-order valence-corrected chi connectivity index (χ0v) is 13.1. The minimum atomic E-state index is -0.103. The summed E-state index contributed by atoms with van der Waals surface area (Å²) in [6, 6.07) is 0.477. The molecule has 1 atom stereocenters. The first-order valence-corrected chi connectivity index (χ1v) is 8.17. The number of ether oxygens (including phenoxy) is 1. The fraction of sp³-hybridized carbons (Fsp3) is 0.875. The molecule has 21 heavy (non-hydrogen) atoms. The maximum Gasteiger partial charge on any atom is 0.228 e. The van der Waals surface area contributed by atoms with Crippen LogP contribution < -0.4 is 0 Å². The fourth-order valence-corrected chi connectivity index (χ4v) is 3.71. The molecule has 0 radical (unpaired) electrons. The van der Waals surface area contributed by atoms with Gasteiger partial charge in [-0.1, -0.05) is 6.92 Å². The number of amides is 2. The van der Waals surface area contributed by atoms with E-state index in [2.05, 4.69) is 6.92 Å². The van der Waals surface area contributed by atoms with Gasteiger partial charge in [0.2, 0.25) is 11.8 Å². The quantitative estimate of drug-likeness (QED) is 0.791. The summed E-state index contributed by atoms with van der Waals surface area (Å²) in [5.41, 5.74) is -0.103. The summed E-state index contributed by atoms with van der Waals surface area (Å²) >= 11 is 0. The van der Waals surface area contributed by atoms with Crippen molar-refractivity contribution in [1.82, 2.24) is 9.80 Å². The van der Waals surface area contributed by atoms with Gasteiger partial charge in [0, 0.05) is 44.7 Å². The predicted molar refractivity (Wildman–Crippen MR) is 78.7 cm³/mol. The maximum atomic E-state index is 12.4. The standard InChI is InChI=1S/C16H26N2O3/c1-12(19)18(13-4-9-21-10-5-13)14-3-8-17(11-14)15(20)16(2)6-7-16/h13-14H,3-11H2,1-2H3. The largest absolute Gasteiger partial charge is 0.381 e. The zero-order chi connectivity index (χ0) is 15.0. The molecular formula is C16H26N2O3. The van der Waals surface area contributed by atoms with E-state index in [-0.39, 0.29) is 23.4 Å². The van der Waals surface area contributed by atoms with Gasteiger partial charge in [0.15, 0.2) is 0 Å². The van der Waals surface area contributed by atoms with Crippen LogP contribution >= 0.6 is 0 Å². The van der Waals surface area contributed by atoms with Crippen molar-refractivity contribution in [3.05, 3.63) is 0 Å². The van der Waals surface area contributed by atoms with Gasteiger partial charge in [-0.3, -0.25) is 9.59 Å². The summed E-state index contributed by atoms with van der Waals surface area (Å²) < 4.78 is 5.40. The molecule has 5 nitrogen and oxygen atoms in total. The molecule has 2 amide bonds. The SMILES string of the molecule is CC(=O)N(C1CCOCC1)C1CCN(C(=O)C2(C)CC2)C1. The van der Waals surface area contributed by atoms with Crippen LogP contribution in [0.4, 0.5) is 0 Å². The molecule has 118 valence electrons. The van der Waals surface area contributed by atoms with Gasteiger partial charge in [-0.05, 0) is 32.1 Å². The first-order chi connectivity index (χ1) is 10.0. The van der Waals surface area contributed by atoms with E-state index in [0.29, 0.717) is 12.5 Å². The molecule has 0 aromatic carbocycles. The molecule has 0 aromatic rings. The van der Waals surface area contributed by atoms with Crippen LogP contribution in [0, 0.1) is 5.41 Å². The molecule has 1 unspecified atom stereocenters. The molecule has 0 N–H and O–H groups in total. The van der Waals surface area contributed by atoms with Gasteiger partial charge < -0.3 is 14.5 Å². The topological polar surface area (TPSA) is 49.9 Å². The minimum Gasteiger partial charge on any atom is -0.381 e. The summed E-state index contributed by atoms with van der Waals surface area (Å²) in [7, 11) is 0. The van der Waals surface area contributed by atoms with Crippen LogP contribution in [-0.2, 0) is 14.3 Å². The van der Waals surface area contributed by atoms with E-state index in [0.717, 1.165) is 51.9 Å². The molecule has 0 bridgehead atoms. The second-order valence-corrected chi connectivity index (χ2v) is 7.02. The van der Waals surface area contributed by atoms with Crippen LogP contribution in [-0.4, -0.2) is 60.0 Å². The Hall–Kier alpha value is -1.10. The van der Waals surface area contributed by atoms with Gasteiger partial charge in [-0.15, -0.1) is 0 Å². The Morgan fingerprint density at radius 3 is 2.38 bits per heavy atom. The summed E-state index contributed by atoms with van der Waals surface area (Å²) in [6.07, 6.45) is 4.79. The maximum absolute atomic E-state index is 12.4. The second-order valence-electron chi connectivity index (χ2n) is 7.02. The Morgan fingerprint density at radius 2 is 1.81 bits per heavy atom. The third-order valence-electron chi connectivity index (χ3n) is 5.31. The van der Waals surface area contributed by atoms with Crippen molar-refractivity contribution in [2.75, 3.05) is 26.3 Å². The van der Waals surface area contributed by atoms with Gasteiger partial charge in [0.1, 0.15) is 0 Å². The minimum absolute atomic E-state index is 0.103. The third kappa shape index (κ3) is 2.93. The Bertz CT molecular complexity index is 427. The van der Waals surface area contributed by atoms with E-state index in [1.54, 1.807) is 6.92 Å². The number of carbonyl (C=O) groups excluding carboxylic acids is 2. The Morgan fingerprint density at radius 1 is 1.14 bits per heavy atom. The van der Waals surface area contributed by atoms with Crippen LogP contribution in [0.5, 0.6) is 0 Å². The van der Waals surface area contributed by atoms with Crippen molar-refractivity contribution in [3.8, 4) is 0 Å². The molecule has 1 saturated carbocycles. The molecule has 0 aromatic heterocycles. The Kier molecular flexibility index (Phi) is 3.95.